The SMILES string of the molecule is Cc1ccsc1[C@H](CNC(=O)c1cc(C(F)(F)F)[nH]n1)N(C)C. The second kappa shape index (κ2) is 6.71. The van der Waals surface area contributed by atoms with E-state index in [1.54, 1.807) is 11.3 Å². The molecule has 0 radical (unpaired) electrons. The highest BCUT2D eigenvalue weighted by molar-refractivity contribution is 7.10. The number of thiophene rings is 1. The predicted octanol–water partition coefficient (Wildman–Crippen LogP) is 2.83. The van der Waals surface area contributed by atoms with Crippen LogP contribution in [0.2, 0.25) is 0 Å². The van der Waals surface area contributed by atoms with Gasteiger partial charge in [-0.1, -0.05) is 0 Å². The molecule has 0 bridgehead atoms. The third kappa shape index (κ3) is 4.11. The molecule has 2 heterocycles. The first-order valence-corrected chi connectivity index (χ1v) is 7.69. The van der Waals surface area contributed by atoms with Gasteiger partial charge in [0.1, 0.15) is 5.69 Å². The maximum atomic E-state index is 12.5. The van der Waals surface area contributed by atoms with E-state index in [1.807, 2.05) is 42.5 Å². The van der Waals surface area contributed by atoms with Crippen LogP contribution in [0.1, 0.15) is 32.7 Å². The molecule has 0 spiro atoms. The Morgan fingerprint density at radius 3 is 2.65 bits per heavy atom. The highest BCUT2D eigenvalue weighted by atomic mass is 32.1. The second-order valence-corrected chi connectivity index (χ2v) is 6.27. The van der Waals surface area contributed by atoms with Gasteiger partial charge in [-0.05, 0) is 38.0 Å². The fraction of sp³-hybridized carbons (Fsp3) is 0.429. The Morgan fingerprint density at radius 2 is 2.17 bits per heavy atom. The van der Waals surface area contributed by atoms with Crippen molar-refractivity contribution in [2.24, 2.45) is 0 Å². The van der Waals surface area contributed by atoms with Crippen LogP contribution in [0.15, 0.2) is 17.5 Å². The normalized spacial score (nSPS) is 13.3. The molecule has 0 aliphatic heterocycles. The Morgan fingerprint density at radius 1 is 1.48 bits per heavy atom. The molecule has 126 valence electrons. The molecule has 0 aromatic carbocycles. The molecule has 2 aromatic heterocycles. The Kier molecular flexibility index (Phi) is 5.10. The number of aromatic nitrogens is 2. The largest absolute Gasteiger partial charge is 0.432 e. The summed E-state index contributed by atoms with van der Waals surface area (Å²) in [6, 6.07) is 2.64. The lowest BCUT2D eigenvalue weighted by molar-refractivity contribution is -0.141. The zero-order valence-corrected chi connectivity index (χ0v) is 13.7. The number of hydrogen-bond acceptors (Lipinski definition) is 4. The Hall–Kier alpha value is -1.87. The molecule has 0 aliphatic carbocycles. The van der Waals surface area contributed by atoms with Crippen LogP contribution in [0.3, 0.4) is 0 Å². The number of likely N-dealkylation sites (N-methyl/N-ethyl adjacent to an activating group) is 1. The first kappa shape index (κ1) is 17.5. The third-order valence-corrected chi connectivity index (χ3v) is 4.52. The van der Waals surface area contributed by atoms with Gasteiger partial charge >= 0.3 is 6.18 Å². The van der Waals surface area contributed by atoms with Gasteiger partial charge in [-0.3, -0.25) is 9.89 Å². The molecule has 23 heavy (non-hydrogen) atoms. The monoisotopic (exact) mass is 346 g/mol. The summed E-state index contributed by atoms with van der Waals surface area (Å²) >= 11 is 1.58. The number of hydrogen-bond donors (Lipinski definition) is 2. The highest BCUT2D eigenvalue weighted by Gasteiger charge is 2.33. The number of aromatic amines is 1. The number of alkyl halides is 3. The van der Waals surface area contributed by atoms with Crippen LogP contribution < -0.4 is 5.32 Å². The van der Waals surface area contributed by atoms with Crippen LogP contribution in [0.4, 0.5) is 13.2 Å². The highest BCUT2D eigenvalue weighted by Crippen LogP contribution is 2.28. The van der Waals surface area contributed by atoms with Crippen molar-refractivity contribution in [1.29, 1.82) is 0 Å². The van der Waals surface area contributed by atoms with Gasteiger partial charge in [-0.25, -0.2) is 0 Å². The molecule has 2 aromatic rings. The van der Waals surface area contributed by atoms with Crippen molar-refractivity contribution >= 4 is 17.2 Å². The van der Waals surface area contributed by atoms with Gasteiger partial charge in [0.15, 0.2) is 5.69 Å². The van der Waals surface area contributed by atoms with E-state index in [0.717, 1.165) is 10.4 Å². The topological polar surface area (TPSA) is 61.0 Å². The average Bonchev–Trinajstić information content (AvgIpc) is 3.07. The van der Waals surface area contributed by atoms with Gasteiger partial charge in [-0.2, -0.15) is 18.3 Å². The fourth-order valence-electron chi connectivity index (χ4n) is 2.10. The van der Waals surface area contributed by atoms with Crippen LogP contribution >= 0.6 is 11.3 Å². The Bertz CT molecular complexity index is 678. The van der Waals surface area contributed by atoms with Crippen molar-refractivity contribution in [3.8, 4) is 0 Å². The van der Waals surface area contributed by atoms with Crippen molar-refractivity contribution in [3.63, 3.8) is 0 Å². The van der Waals surface area contributed by atoms with Crippen molar-refractivity contribution in [2.75, 3.05) is 20.6 Å². The zero-order valence-electron chi connectivity index (χ0n) is 12.9. The smallest absolute Gasteiger partial charge is 0.349 e. The summed E-state index contributed by atoms with van der Waals surface area (Å²) in [6.07, 6.45) is -4.55. The number of halogens is 3. The molecule has 2 rings (SSSR count). The first-order chi connectivity index (χ1) is 10.7. The number of aryl methyl sites for hydroxylation is 1. The second-order valence-electron chi connectivity index (χ2n) is 5.32. The van der Waals surface area contributed by atoms with Gasteiger partial charge in [0.25, 0.3) is 5.91 Å². The van der Waals surface area contributed by atoms with Crippen molar-refractivity contribution in [1.82, 2.24) is 20.4 Å². The molecule has 2 N–H and O–H groups in total. The minimum Gasteiger partial charge on any atom is -0.349 e. The summed E-state index contributed by atoms with van der Waals surface area (Å²) in [5.74, 6) is -0.641. The number of rotatable bonds is 5. The zero-order chi connectivity index (χ0) is 17.2. The lowest BCUT2D eigenvalue weighted by atomic mass is 10.1. The number of H-pyrrole nitrogens is 1. The molecule has 0 unspecified atom stereocenters. The predicted molar refractivity (Wildman–Crippen MR) is 81.4 cm³/mol. The third-order valence-electron chi connectivity index (χ3n) is 3.40. The quantitative estimate of drug-likeness (QED) is 0.875. The van der Waals surface area contributed by atoms with Gasteiger partial charge in [0.2, 0.25) is 0 Å². The lowest BCUT2D eigenvalue weighted by Crippen LogP contribution is -2.34. The molecular formula is C14H17F3N4OS. The van der Waals surface area contributed by atoms with Crippen molar-refractivity contribution < 1.29 is 18.0 Å². The summed E-state index contributed by atoms with van der Waals surface area (Å²) < 4.78 is 37.5. The van der Waals surface area contributed by atoms with Gasteiger partial charge in [0.05, 0.1) is 6.04 Å². The standard InChI is InChI=1S/C14H17F3N4OS/c1-8-4-5-23-12(8)10(21(2)3)7-18-13(22)9-6-11(20-19-9)14(15,16)17/h4-6,10H,7H2,1-3H3,(H,18,22)(H,19,20)/t10-/m0/s1. The molecule has 1 atom stereocenters. The lowest BCUT2D eigenvalue weighted by Gasteiger charge is -2.24. The minimum absolute atomic E-state index is 0.0556. The van der Waals surface area contributed by atoms with E-state index in [2.05, 4.69) is 10.4 Å². The molecule has 0 fully saturated rings. The van der Waals surface area contributed by atoms with Crippen LogP contribution in [0.5, 0.6) is 0 Å². The molecule has 1 amide bonds. The summed E-state index contributed by atoms with van der Waals surface area (Å²) in [5, 5.41) is 9.85. The number of amides is 1. The summed E-state index contributed by atoms with van der Waals surface area (Å²) in [6.45, 7) is 2.26. The van der Waals surface area contributed by atoms with Crippen molar-refractivity contribution in [2.45, 2.75) is 19.1 Å². The van der Waals surface area contributed by atoms with Gasteiger partial charge < -0.3 is 10.2 Å². The van der Waals surface area contributed by atoms with E-state index < -0.39 is 17.8 Å². The van der Waals surface area contributed by atoms with Gasteiger partial charge in [-0.15, -0.1) is 11.3 Å². The molecule has 0 aliphatic rings. The van der Waals surface area contributed by atoms with E-state index in [1.165, 1.54) is 0 Å². The van der Waals surface area contributed by atoms with E-state index in [0.29, 0.717) is 6.07 Å². The fourth-order valence-corrected chi connectivity index (χ4v) is 3.22. The summed E-state index contributed by atoms with van der Waals surface area (Å²) in [7, 11) is 3.76. The van der Waals surface area contributed by atoms with E-state index in [9.17, 15) is 18.0 Å². The molecular weight excluding hydrogens is 329 g/mol. The maximum Gasteiger partial charge on any atom is 0.432 e. The number of nitrogens with one attached hydrogen (secondary N) is 2. The number of nitrogens with zero attached hydrogens (tertiary/aromatic N) is 2. The van der Waals surface area contributed by atoms with Crippen LogP contribution in [0.25, 0.3) is 0 Å². The Balaban J connectivity index is 2.05. The number of carbonyl (C=O) groups is 1. The summed E-state index contributed by atoms with van der Waals surface area (Å²) in [5.41, 5.74) is -0.208. The van der Waals surface area contributed by atoms with Gasteiger partial charge in [0, 0.05) is 17.5 Å². The van der Waals surface area contributed by atoms with Crippen molar-refractivity contribution in [3.05, 3.63) is 39.3 Å². The van der Waals surface area contributed by atoms with E-state index in [4.69, 9.17) is 0 Å². The molecule has 5 nitrogen and oxygen atoms in total. The minimum atomic E-state index is -4.55. The van der Waals surface area contributed by atoms with E-state index >= 15 is 0 Å². The van der Waals surface area contributed by atoms with Crippen LogP contribution in [-0.2, 0) is 6.18 Å². The average molecular weight is 346 g/mol. The van der Waals surface area contributed by atoms with Crippen LogP contribution in [-0.4, -0.2) is 41.6 Å². The molecule has 0 saturated carbocycles. The molecule has 9 heteroatoms. The molecule has 0 saturated heterocycles. The Labute approximate surface area is 135 Å². The first-order valence-electron chi connectivity index (χ1n) is 6.81. The van der Waals surface area contributed by atoms with E-state index in [-0.39, 0.29) is 18.3 Å². The summed E-state index contributed by atoms with van der Waals surface area (Å²) in [4.78, 5) is 15.0. The maximum absolute atomic E-state index is 12.5. The van der Waals surface area contributed by atoms with Crippen LogP contribution in [0, 0.1) is 6.92 Å². The number of carbonyl (C=O) groups excluding carboxylic acids is 1.